The van der Waals surface area contributed by atoms with E-state index in [1.54, 1.807) is 13.0 Å². The number of carbonyl (C=O) groups excluding carboxylic acids is 1. The van der Waals surface area contributed by atoms with Crippen molar-refractivity contribution in [3.05, 3.63) is 36.7 Å². The highest BCUT2D eigenvalue weighted by Crippen LogP contribution is 2.17. The van der Waals surface area contributed by atoms with Crippen molar-refractivity contribution in [3.8, 4) is 5.69 Å². The third-order valence-electron chi connectivity index (χ3n) is 2.40. The van der Waals surface area contributed by atoms with E-state index in [1.807, 2.05) is 0 Å². The van der Waals surface area contributed by atoms with E-state index in [1.165, 1.54) is 29.5 Å². The fourth-order valence-electron chi connectivity index (χ4n) is 1.61. The zero-order valence-corrected chi connectivity index (χ0v) is 10.4. The first-order valence-electron chi connectivity index (χ1n) is 5.76. The van der Waals surface area contributed by atoms with Crippen molar-refractivity contribution in [2.45, 2.75) is 19.4 Å². The number of hydrogen-bond donors (Lipinski definition) is 2. The highest BCUT2D eigenvalue weighted by atomic mass is 19.1. The summed E-state index contributed by atoms with van der Waals surface area (Å²) in [5.41, 5.74) is 6.16. The lowest BCUT2D eigenvalue weighted by atomic mass is 10.2. The van der Waals surface area contributed by atoms with Crippen LogP contribution in [0.4, 0.5) is 10.1 Å². The number of halogens is 1. The number of anilines is 1. The Hall–Kier alpha value is -2.28. The van der Waals surface area contributed by atoms with Gasteiger partial charge in [0.2, 0.25) is 5.91 Å². The van der Waals surface area contributed by atoms with E-state index < -0.39 is 5.82 Å². The maximum absolute atomic E-state index is 13.9. The van der Waals surface area contributed by atoms with E-state index in [0.717, 1.165) is 0 Å². The number of benzene rings is 1. The lowest BCUT2D eigenvalue weighted by Crippen LogP contribution is -2.24. The average molecular weight is 263 g/mol. The van der Waals surface area contributed by atoms with Crippen molar-refractivity contribution < 1.29 is 9.18 Å². The van der Waals surface area contributed by atoms with E-state index in [2.05, 4.69) is 15.4 Å². The molecule has 2 aromatic rings. The molecular weight excluding hydrogens is 249 g/mol. The molecule has 1 unspecified atom stereocenters. The highest BCUT2D eigenvalue weighted by Gasteiger charge is 2.09. The van der Waals surface area contributed by atoms with Gasteiger partial charge in [-0.2, -0.15) is 5.10 Å². The standard InChI is InChI=1S/C12H14FN5O/c1-8(14)4-12(19)17-9-2-3-11(10(13)5-9)18-7-15-6-16-18/h2-3,5-8H,4,14H2,1H3,(H,17,19). The van der Waals surface area contributed by atoms with Crippen LogP contribution in [0.15, 0.2) is 30.9 Å². The molecule has 2 rings (SSSR count). The molecule has 0 aliphatic carbocycles. The summed E-state index contributed by atoms with van der Waals surface area (Å²) in [6, 6.07) is 4.11. The molecule has 1 aromatic carbocycles. The SMILES string of the molecule is CC(N)CC(=O)Nc1ccc(-n2cncn2)c(F)c1. The number of hydrogen-bond acceptors (Lipinski definition) is 4. The summed E-state index contributed by atoms with van der Waals surface area (Å²) in [5, 5.41) is 6.42. The van der Waals surface area contributed by atoms with Crippen molar-refractivity contribution in [1.29, 1.82) is 0 Å². The molecule has 3 N–H and O–H groups in total. The second-order valence-corrected chi connectivity index (χ2v) is 4.24. The minimum Gasteiger partial charge on any atom is -0.327 e. The Kier molecular flexibility index (Phi) is 3.86. The molecule has 0 aliphatic heterocycles. The first kappa shape index (κ1) is 13.2. The summed E-state index contributed by atoms with van der Waals surface area (Å²) >= 11 is 0. The lowest BCUT2D eigenvalue weighted by Gasteiger charge is -2.09. The maximum atomic E-state index is 13.9. The molecule has 1 amide bonds. The number of nitrogens with two attached hydrogens (primary N) is 1. The molecule has 0 saturated heterocycles. The molecule has 0 spiro atoms. The van der Waals surface area contributed by atoms with Gasteiger partial charge in [-0.05, 0) is 25.1 Å². The summed E-state index contributed by atoms with van der Waals surface area (Å²) in [7, 11) is 0. The number of nitrogens with one attached hydrogen (secondary N) is 1. The van der Waals surface area contributed by atoms with Crippen LogP contribution in [0.5, 0.6) is 0 Å². The van der Waals surface area contributed by atoms with Gasteiger partial charge in [0.15, 0.2) is 5.82 Å². The highest BCUT2D eigenvalue weighted by molar-refractivity contribution is 5.91. The van der Waals surface area contributed by atoms with E-state index in [9.17, 15) is 9.18 Å². The summed E-state index contributed by atoms with van der Waals surface area (Å²) in [6.07, 6.45) is 2.90. The summed E-state index contributed by atoms with van der Waals surface area (Å²) in [4.78, 5) is 15.3. The Balaban J connectivity index is 2.13. The average Bonchev–Trinajstić information content (AvgIpc) is 2.81. The Bertz CT molecular complexity index is 568. The number of carbonyl (C=O) groups is 1. The Morgan fingerprint density at radius 2 is 2.37 bits per heavy atom. The molecule has 6 nitrogen and oxygen atoms in total. The molecule has 0 saturated carbocycles. The molecular formula is C12H14FN5O. The van der Waals surface area contributed by atoms with E-state index >= 15 is 0 Å². The fraction of sp³-hybridized carbons (Fsp3) is 0.250. The maximum Gasteiger partial charge on any atom is 0.225 e. The van der Waals surface area contributed by atoms with Gasteiger partial charge >= 0.3 is 0 Å². The predicted molar refractivity (Wildman–Crippen MR) is 68.2 cm³/mol. The van der Waals surface area contributed by atoms with Gasteiger partial charge in [0.1, 0.15) is 18.3 Å². The van der Waals surface area contributed by atoms with Crippen LogP contribution in [0, 0.1) is 5.82 Å². The van der Waals surface area contributed by atoms with Gasteiger partial charge in [-0.1, -0.05) is 0 Å². The third-order valence-corrected chi connectivity index (χ3v) is 2.40. The van der Waals surface area contributed by atoms with Crippen LogP contribution in [-0.4, -0.2) is 26.7 Å². The first-order valence-corrected chi connectivity index (χ1v) is 5.76. The zero-order valence-electron chi connectivity index (χ0n) is 10.4. The molecule has 0 fully saturated rings. The number of rotatable bonds is 4. The zero-order chi connectivity index (χ0) is 13.8. The van der Waals surface area contributed by atoms with E-state index in [-0.39, 0.29) is 24.1 Å². The van der Waals surface area contributed by atoms with Crippen LogP contribution in [0.25, 0.3) is 5.69 Å². The van der Waals surface area contributed by atoms with Crippen LogP contribution in [0.3, 0.4) is 0 Å². The van der Waals surface area contributed by atoms with Gasteiger partial charge in [0.25, 0.3) is 0 Å². The fourth-order valence-corrected chi connectivity index (χ4v) is 1.61. The van der Waals surface area contributed by atoms with Crippen LogP contribution >= 0.6 is 0 Å². The first-order chi connectivity index (χ1) is 9.06. The van der Waals surface area contributed by atoms with E-state index in [4.69, 9.17) is 5.73 Å². The molecule has 100 valence electrons. The molecule has 1 heterocycles. The molecule has 0 aliphatic rings. The van der Waals surface area contributed by atoms with Gasteiger partial charge in [0.05, 0.1) is 0 Å². The van der Waals surface area contributed by atoms with Crippen LogP contribution in [-0.2, 0) is 4.79 Å². The molecule has 0 bridgehead atoms. The van der Waals surface area contributed by atoms with Gasteiger partial charge in [-0.3, -0.25) is 4.79 Å². The van der Waals surface area contributed by atoms with Gasteiger partial charge < -0.3 is 11.1 Å². The Morgan fingerprint density at radius 3 is 2.95 bits per heavy atom. The van der Waals surface area contributed by atoms with Crippen molar-refractivity contribution in [3.63, 3.8) is 0 Å². The monoisotopic (exact) mass is 263 g/mol. The minimum absolute atomic E-state index is 0.187. The third kappa shape index (κ3) is 3.35. The smallest absolute Gasteiger partial charge is 0.225 e. The normalized spacial score (nSPS) is 12.2. The summed E-state index contributed by atoms with van der Waals surface area (Å²) in [6.45, 7) is 1.73. The molecule has 7 heteroatoms. The number of nitrogens with zero attached hydrogens (tertiary/aromatic N) is 3. The predicted octanol–water partition coefficient (Wildman–Crippen LogP) is 1.08. The van der Waals surface area contributed by atoms with Crippen LogP contribution in [0.2, 0.25) is 0 Å². The topological polar surface area (TPSA) is 85.8 Å². The van der Waals surface area contributed by atoms with Crippen molar-refractivity contribution in [2.24, 2.45) is 5.73 Å². The van der Waals surface area contributed by atoms with Crippen molar-refractivity contribution >= 4 is 11.6 Å². The Morgan fingerprint density at radius 1 is 1.58 bits per heavy atom. The molecule has 19 heavy (non-hydrogen) atoms. The van der Waals surface area contributed by atoms with Gasteiger partial charge in [-0.15, -0.1) is 0 Å². The Labute approximate surface area is 109 Å². The van der Waals surface area contributed by atoms with Gasteiger partial charge in [-0.25, -0.2) is 14.1 Å². The molecule has 0 radical (unpaired) electrons. The second kappa shape index (κ2) is 5.57. The largest absolute Gasteiger partial charge is 0.327 e. The van der Waals surface area contributed by atoms with Crippen LogP contribution in [0.1, 0.15) is 13.3 Å². The summed E-state index contributed by atoms with van der Waals surface area (Å²) in [5.74, 6) is -0.744. The van der Waals surface area contributed by atoms with Crippen molar-refractivity contribution in [2.75, 3.05) is 5.32 Å². The summed E-state index contributed by atoms with van der Waals surface area (Å²) < 4.78 is 15.2. The van der Waals surface area contributed by atoms with Gasteiger partial charge in [0, 0.05) is 18.2 Å². The minimum atomic E-state index is -0.496. The lowest BCUT2D eigenvalue weighted by molar-refractivity contribution is -0.116. The van der Waals surface area contributed by atoms with Crippen molar-refractivity contribution in [1.82, 2.24) is 14.8 Å². The van der Waals surface area contributed by atoms with E-state index in [0.29, 0.717) is 5.69 Å². The van der Waals surface area contributed by atoms with Crippen LogP contribution < -0.4 is 11.1 Å². The number of amides is 1. The molecule has 1 aromatic heterocycles. The number of aromatic nitrogens is 3. The quantitative estimate of drug-likeness (QED) is 0.864. The molecule has 1 atom stereocenters. The second-order valence-electron chi connectivity index (χ2n) is 4.24.